The Morgan fingerprint density at radius 1 is 1.19 bits per heavy atom. The fourth-order valence-corrected chi connectivity index (χ4v) is 2.30. The molecule has 1 rings (SSSR count). The number of hydrogen-bond donors (Lipinski definition) is 1. The molecule has 0 radical (unpaired) electrons. The van der Waals surface area contributed by atoms with E-state index in [-0.39, 0.29) is 11.9 Å². The van der Waals surface area contributed by atoms with Crippen LogP contribution in [0.25, 0.3) is 0 Å². The summed E-state index contributed by atoms with van der Waals surface area (Å²) < 4.78 is 23.1. The van der Waals surface area contributed by atoms with Gasteiger partial charge in [-0.1, -0.05) is 26.0 Å². The van der Waals surface area contributed by atoms with Crippen LogP contribution in [0.3, 0.4) is 0 Å². The fraction of sp³-hybridized carbons (Fsp3) is 0.500. The third kappa shape index (κ3) is 3.32. The van der Waals surface area contributed by atoms with Crippen LogP contribution in [0.4, 0.5) is 0 Å². The molecule has 0 saturated carbocycles. The first-order valence-electron chi connectivity index (χ1n) is 5.49. The third-order valence-corrected chi connectivity index (χ3v) is 4.36. The Hall–Kier alpha value is -0.870. The van der Waals surface area contributed by atoms with Gasteiger partial charge < -0.3 is 5.11 Å². The lowest BCUT2D eigenvalue weighted by Gasteiger charge is -2.08. The van der Waals surface area contributed by atoms with Crippen molar-refractivity contribution in [2.75, 3.05) is 5.75 Å². The zero-order valence-electron chi connectivity index (χ0n) is 9.68. The summed E-state index contributed by atoms with van der Waals surface area (Å²) in [6.07, 6.45) is 0.923. The lowest BCUT2D eigenvalue weighted by Crippen LogP contribution is -2.09. The number of rotatable bonds is 5. The van der Waals surface area contributed by atoms with Gasteiger partial charge in [0.05, 0.1) is 16.8 Å². The van der Waals surface area contributed by atoms with Crippen molar-refractivity contribution in [2.24, 2.45) is 0 Å². The molecule has 0 spiro atoms. The first-order chi connectivity index (χ1) is 7.49. The summed E-state index contributed by atoms with van der Waals surface area (Å²) in [5.74, 6) is 0.115. The highest BCUT2D eigenvalue weighted by molar-refractivity contribution is 7.91. The van der Waals surface area contributed by atoms with Crippen molar-refractivity contribution in [2.45, 2.75) is 37.7 Å². The maximum atomic E-state index is 11.5. The second-order valence-electron chi connectivity index (χ2n) is 3.81. The van der Waals surface area contributed by atoms with Gasteiger partial charge in [0.15, 0.2) is 9.84 Å². The number of hydrogen-bond acceptors (Lipinski definition) is 3. The highest BCUT2D eigenvalue weighted by Gasteiger charge is 2.11. The van der Waals surface area contributed by atoms with Crippen LogP contribution in [0, 0.1) is 0 Å². The van der Waals surface area contributed by atoms with Gasteiger partial charge in [0.1, 0.15) is 0 Å². The molecular weight excluding hydrogens is 224 g/mol. The first-order valence-corrected chi connectivity index (χ1v) is 7.14. The summed E-state index contributed by atoms with van der Waals surface area (Å²) in [5, 5.41) is 9.47. The van der Waals surface area contributed by atoms with E-state index < -0.39 is 9.84 Å². The van der Waals surface area contributed by atoms with Crippen molar-refractivity contribution in [3.63, 3.8) is 0 Å². The topological polar surface area (TPSA) is 54.4 Å². The van der Waals surface area contributed by atoms with E-state index in [1.165, 1.54) is 0 Å². The average Bonchev–Trinajstić information content (AvgIpc) is 2.29. The highest BCUT2D eigenvalue weighted by atomic mass is 32.2. The molecule has 0 fully saturated rings. The largest absolute Gasteiger partial charge is 0.393 e. The molecule has 0 aliphatic carbocycles. The van der Waals surface area contributed by atoms with Gasteiger partial charge in [-0.25, -0.2) is 8.42 Å². The summed E-state index contributed by atoms with van der Waals surface area (Å²) in [6, 6.07) is 6.75. The quantitative estimate of drug-likeness (QED) is 0.856. The Morgan fingerprint density at radius 2 is 1.75 bits per heavy atom. The molecule has 0 amide bonds. The normalized spacial score (nSPS) is 13.7. The number of sulfone groups is 1. The molecule has 1 unspecified atom stereocenters. The third-order valence-electron chi connectivity index (χ3n) is 2.61. The number of benzene rings is 1. The SMILES string of the molecule is CCC(O)Cc1ccc(S(=O)(=O)CC)cc1. The van der Waals surface area contributed by atoms with E-state index in [0.29, 0.717) is 17.7 Å². The van der Waals surface area contributed by atoms with Crippen LogP contribution in [-0.4, -0.2) is 25.4 Å². The minimum atomic E-state index is -3.11. The van der Waals surface area contributed by atoms with Crippen LogP contribution in [0.1, 0.15) is 25.8 Å². The van der Waals surface area contributed by atoms with Gasteiger partial charge in [0.25, 0.3) is 0 Å². The molecule has 0 saturated heterocycles. The van der Waals surface area contributed by atoms with Gasteiger partial charge in [0.2, 0.25) is 0 Å². The molecule has 0 bridgehead atoms. The fourth-order valence-electron chi connectivity index (χ4n) is 1.42. The first kappa shape index (κ1) is 13.2. The van der Waals surface area contributed by atoms with Gasteiger partial charge in [-0.05, 0) is 30.5 Å². The zero-order chi connectivity index (χ0) is 12.2. The Morgan fingerprint density at radius 3 is 2.19 bits per heavy atom. The van der Waals surface area contributed by atoms with Crippen molar-refractivity contribution in [3.05, 3.63) is 29.8 Å². The van der Waals surface area contributed by atoms with Crippen LogP contribution in [-0.2, 0) is 16.3 Å². The van der Waals surface area contributed by atoms with E-state index in [1.54, 1.807) is 31.2 Å². The van der Waals surface area contributed by atoms with E-state index in [4.69, 9.17) is 0 Å². The molecule has 1 N–H and O–H groups in total. The maximum absolute atomic E-state index is 11.5. The minimum absolute atomic E-state index is 0.115. The summed E-state index contributed by atoms with van der Waals surface area (Å²) in [6.45, 7) is 3.55. The van der Waals surface area contributed by atoms with Crippen molar-refractivity contribution in [1.82, 2.24) is 0 Å². The Kier molecular flexibility index (Phi) is 4.50. The van der Waals surface area contributed by atoms with Gasteiger partial charge in [-0.15, -0.1) is 0 Å². The average molecular weight is 242 g/mol. The predicted octanol–water partition coefficient (Wildman–Crippen LogP) is 1.79. The molecule has 1 atom stereocenters. The lowest BCUT2D eigenvalue weighted by atomic mass is 10.1. The molecule has 3 nitrogen and oxygen atoms in total. The van der Waals surface area contributed by atoms with E-state index in [0.717, 1.165) is 5.56 Å². The van der Waals surface area contributed by atoms with Gasteiger partial charge in [0, 0.05) is 0 Å². The molecule has 4 heteroatoms. The standard InChI is InChI=1S/C12H18O3S/c1-3-11(13)9-10-5-7-12(8-6-10)16(14,15)4-2/h5-8,11,13H,3-4,9H2,1-2H3. The molecule has 0 aliphatic heterocycles. The van der Waals surface area contributed by atoms with Crippen molar-refractivity contribution < 1.29 is 13.5 Å². The summed E-state index contributed by atoms with van der Waals surface area (Å²) in [4.78, 5) is 0.352. The van der Waals surface area contributed by atoms with Crippen LogP contribution in [0.5, 0.6) is 0 Å². The zero-order valence-corrected chi connectivity index (χ0v) is 10.5. The van der Waals surface area contributed by atoms with E-state index >= 15 is 0 Å². The van der Waals surface area contributed by atoms with Crippen molar-refractivity contribution >= 4 is 9.84 Å². The van der Waals surface area contributed by atoms with Crippen molar-refractivity contribution in [1.29, 1.82) is 0 Å². The van der Waals surface area contributed by atoms with E-state index in [2.05, 4.69) is 0 Å². The van der Waals surface area contributed by atoms with Crippen LogP contribution < -0.4 is 0 Å². The van der Waals surface area contributed by atoms with Crippen LogP contribution >= 0.6 is 0 Å². The van der Waals surface area contributed by atoms with Crippen molar-refractivity contribution in [3.8, 4) is 0 Å². The monoisotopic (exact) mass is 242 g/mol. The molecule has 0 aromatic heterocycles. The Balaban J connectivity index is 2.84. The molecule has 90 valence electrons. The second-order valence-corrected chi connectivity index (χ2v) is 6.09. The van der Waals surface area contributed by atoms with Gasteiger partial charge in [-0.3, -0.25) is 0 Å². The van der Waals surface area contributed by atoms with Crippen LogP contribution in [0.2, 0.25) is 0 Å². The Labute approximate surface area is 97.0 Å². The molecule has 1 aromatic carbocycles. The molecule has 0 heterocycles. The minimum Gasteiger partial charge on any atom is -0.393 e. The van der Waals surface area contributed by atoms with E-state index in [1.807, 2.05) is 6.92 Å². The van der Waals surface area contributed by atoms with Gasteiger partial charge >= 0.3 is 0 Å². The second kappa shape index (κ2) is 5.46. The smallest absolute Gasteiger partial charge is 0.178 e. The molecule has 16 heavy (non-hydrogen) atoms. The Bertz CT molecular complexity index is 420. The van der Waals surface area contributed by atoms with E-state index in [9.17, 15) is 13.5 Å². The molecule has 0 aliphatic rings. The van der Waals surface area contributed by atoms with Crippen LogP contribution in [0.15, 0.2) is 29.2 Å². The molecular formula is C12H18O3S. The summed E-state index contributed by atoms with van der Waals surface area (Å²) in [5.41, 5.74) is 0.962. The highest BCUT2D eigenvalue weighted by Crippen LogP contribution is 2.13. The summed E-state index contributed by atoms with van der Waals surface area (Å²) in [7, 11) is -3.11. The van der Waals surface area contributed by atoms with Gasteiger partial charge in [-0.2, -0.15) is 0 Å². The number of aliphatic hydroxyl groups is 1. The maximum Gasteiger partial charge on any atom is 0.178 e. The summed E-state index contributed by atoms with van der Waals surface area (Å²) >= 11 is 0. The number of aliphatic hydroxyl groups excluding tert-OH is 1. The predicted molar refractivity (Wildman–Crippen MR) is 64.2 cm³/mol. The molecule has 1 aromatic rings. The lowest BCUT2D eigenvalue weighted by molar-refractivity contribution is 0.171.